The number of nitrogens with zero attached hydrogens (tertiary/aromatic N) is 1. The van der Waals surface area contributed by atoms with Gasteiger partial charge in [0.1, 0.15) is 6.54 Å². The van der Waals surface area contributed by atoms with E-state index in [4.69, 9.17) is 0 Å². The van der Waals surface area contributed by atoms with E-state index < -0.39 is 34.2 Å². The third kappa shape index (κ3) is 4.42. The Labute approximate surface area is 197 Å². The standard InChI is InChI=1S/C25H27F3N2O3S/c26-25(27,28)20-5-4-6-21(12-20)30(34(32,33)22-7-2-1-3-8-22)16-23(31)29-24-13-17-9-18(14-24)11-19(10-17)15-24/h1-8,12,17-19H,9-11,13-16H2,(H,29,31). The number of carbonyl (C=O) groups excluding carboxylic acids is 1. The Hall–Kier alpha value is -2.55. The molecule has 0 aromatic heterocycles. The molecule has 34 heavy (non-hydrogen) atoms. The molecule has 0 saturated heterocycles. The molecule has 4 saturated carbocycles. The first-order chi connectivity index (χ1) is 16.0. The first-order valence-corrected chi connectivity index (χ1v) is 13.0. The highest BCUT2D eigenvalue weighted by Crippen LogP contribution is 2.55. The van der Waals surface area contributed by atoms with Crippen molar-refractivity contribution in [3.05, 3.63) is 60.2 Å². The molecular formula is C25H27F3N2O3S. The average Bonchev–Trinajstić information content (AvgIpc) is 2.76. The van der Waals surface area contributed by atoms with Crippen LogP contribution < -0.4 is 9.62 Å². The average molecular weight is 493 g/mol. The maximum atomic E-state index is 13.5. The van der Waals surface area contributed by atoms with E-state index in [1.165, 1.54) is 49.6 Å². The van der Waals surface area contributed by atoms with Crippen molar-refractivity contribution in [2.24, 2.45) is 17.8 Å². The van der Waals surface area contributed by atoms with Crippen molar-refractivity contribution >= 4 is 21.6 Å². The fourth-order valence-corrected chi connectivity index (χ4v) is 8.04. The molecule has 1 N–H and O–H groups in total. The Kier molecular flexibility index (Phi) is 5.66. The minimum Gasteiger partial charge on any atom is -0.349 e. The molecule has 5 nitrogen and oxygen atoms in total. The van der Waals surface area contributed by atoms with Crippen molar-refractivity contribution in [3.63, 3.8) is 0 Å². The van der Waals surface area contributed by atoms with Gasteiger partial charge in [0.15, 0.2) is 0 Å². The minimum absolute atomic E-state index is 0.0879. The molecule has 2 aromatic rings. The number of hydrogen-bond donors (Lipinski definition) is 1. The molecule has 4 aliphatic carbocycles. The molecule has 9 heteroatoms. The molecule has 4 fully saturated rings. The van der Waals surface area contributed by atoms with Gasteiger partial charge in [0.05, 0.1) is 16.1 Å². The van der Waals surface area contributed by atoms with Crippen LogP contribution in [0.2, 0.25) is 0 Å². The SMILES string of the molecule is O=C(CN(c1cccc(C(F)(F)F)c1)S(=O)(=O)c1ccccc1)NC12CC3CC(CC(C3)C1)C2. The second kappa shape index (κ2) is 8.29. The minimum atomic E-state index is -4.64. The first-order valence-electron chi connectivity index (χ1n) is 11.6. The Morgan fingerprint density at radius 3 is 2.09 bits per heavy atom. The fourth-order valence-electron chi connectivity index (χ4n) is 6.60. The van der Waals surface area contributed by atoms with E-state index in [-0.39, 0.29) is 16.1 Å². The summed E-state index contributed by atoms with van der Waals surface area (Å²) >= 11 is 0. The third-order valence-electron chi connectivity index (χ3n) is 7.52. The van der Waals surface area contributed by atoms with Gasteiger partial charge in [-0.05, 0) is 86.6 Å². The summed E-state index contributed by atoms with van der Waals surface area (Å²) in [5.41, 5.74) is -1.50. The van der Waals surface area contributed by atoms with E-state index in [1.807, 2.05) is 0 Å². The lowest BCUT2D eigenvalue weighted by molar-refractivity contribution is -0.137. The summed E-state index contributed by atoms with van der Waals surface area (Å²) < 4.78 is 67.8. The quantitative estimate of drug-likeness (QED) is 0.618. The highest BCUT2D eigenvalue weighted by atomic mass is 32.2. The highest BCUT2D eigenvalue weighted by Gasteiger charge is 2.51. The van der Waals surface area contributed by atoms with Gasteiger partial charge >= 0.3 is 6.18 Å². The summed E-state index contributed by atoms with van der Waals surface area (Å²) in [4.78, 5) is 13.1. The Balaban J connectivity index is 1.45. The molecule has 0 aliphatic heterocycles. The number of halogens is 3. The fraction of sp³-hybridized carbons (Fsp3) is 0.480. The van der Waals surface area contributed by atoms with Gasteiger partial charge in [0.25, 0.3) is 10.0 Å². The van der Waals surface area contributed by atoms with E-state index in [0.29, 0.717) is 17.8 Å². The number of anilines is 1. The van der Waals surface area contributed by atoms with Crippen LogP contribution in [-0.4, -0.2) is 26.4 Å². The zero-order chi connectivity index (χ0) is 24.1. The van der Waals surface area contributed by atoms with Gasteiger partial charge in [-0.1, -0.05) is 24.3 Å². The number of sulfonamides is 1. The van der Waals surface area contributed by atoms with Crippen LogP contribution in [0.4, 0.5) is 18.9 Å². The first kappa shape index (κ1) is 23.2. The van der Waals surface area contributed by atoms with Crippen LogP contribution in [0.15, 0.2) is 59.5 Å². The maximum absolute atomic E-state index is 13.5. The predicted molar refractivity (Wildman–Crippen MR) is 121 cm³/mol. The van der Waals surface area contributed by atoms with Crippen LogP contribution in [0.25, 0.3) is 0 Å². The summed E-state index contributed by atoms with van der Waals surface area (Å²) in [5, 5.41) is 3.13. The van der Waals surface area contributed by atoms with E-state index in [2.05, 4.69) is 5.32 Å². The second-order valence-electron chi connectivity index (χ2n) is 10.1. The van der Waals surface area contributed by atoms with Gasteiger partial charge < -0.3 is 5.32 Å². The third-order valence-corrected chi connectivity index (χ3v) is 9.31. The van der Waals surface area contributed by atoms with E-state index in [9.17, 15) is 26.4 Å². The molecule has 182 valence electrons. The molecule has 6 rings (SSSR count). The molecule has 4 bridgehead atoms. The number of rotatable bonds is 6. The Morgan fingerprint density at radius 1 is 0.941 bits per heavy atom. The van der Waals surface area contributed by atoms with E-state index in [0.717, 1.165) is 41.8 Å². The maximum Gasteiger partial charge on any atom is 0.416 e. The normalized spacial score (nSPS) is 28.0. The molecule has 0 spiro atoms. The lowest BCUT2D eigenvalue weighted by atomic mass is 9.53. The zero-order valence-electron chi connectivity index (χ0n) is 18.6. The molecule has 0 atom stereocenters. The molecule has 4 aliphatic rings. The van der Waals surface area contributed by atoms with Gasteiger partial charge in [0.2, 0.25) is 5.91 Å². The smallest absolute Gasteiger partial charge is 0.349 e. The van der Waals surface area contributed by atoms with Gasteiger partial charge in [-0.15, -0.1) is 0 Å². The molecule has 0 heterocycles. The molecule has 1 amide bonds. The van der Waals surface area contributed by atoms with Gasteiger partial charge in [0, 0.05) is 5.54 Å². The van der Waals surface area contributed by atoms with Crippen molar-refractivity contribution in [3.8, 4) is 0 Å². The summed E-state index contributed by atoms with van der Waals surface area (Å²) in [7, 11) is -4.27. The molecular weight excluding hydrogens is 465 g/mol. The van der Waals surface area contributed by atoms with E-state index >= 15 is 0 Å². The number of benzene rings is 2. The number of hydrogen-bond acceptors (Lipinski definition) is 3. The Morgan fingerprint density at radius 2 is 1.53 bits per heavy atom. The van der Waals surface area contributed by atoms with E-state index in [1.54, 1.807) is 6.07 Å². The highest BCUT2D eigenvalue weighted by molar-refractivity contribution is 7.92. The summed E-state index contributed by atoms with van der Waals surface area (Å²) in [6.45, 7) is -0.583. The van der Waals surface area contributed by atoms with Crippen LogP contribution in [-0.2, 0) is 21.0 Å². The Bertz CT molecular complexity index is 1150. The van der Waals surface area contributed by atoms with Crippen LogP contribution in [0, 0.1) is 17.8 Å². The van der Waals surface area contributed by atoms with Crippen LogP contribution in [0.1, 0.15) is 44.1 Å². The lowest BCUT2D eigenvalue weighted by Crippen LogP contribution is -2.61. The second-order valence-corrected chi connectivity index (χ2v) is 12.0. The van der Waals surface area contributed by atoms with Crippen molar-refractivity contribution in [1.29, 1.82) is 0 Å². The van der Waals surface area contributed by atoms with Crippen LogP contribution in [0.5, 0.6) is 0 Å². The number of nitrogens with one attached hydrogen (secondary N) is 1. The topological polar surface area (TPSA) is 66.5 Å². The van der Waals surface area contributed by atoms with Crippen LogP contribution in [0.3, 0.4) is 0 Å². The molecule has 0 radical (unpaired) electrons. The van der Waals surface area contributed by atoms with Crippen molar-refractivity contribution in [2.75, 3.05) is 10.8 Å². The molecule has 0 unspecified atom stereocenters. The number of carbonyl (C=O) groups is 1. The summed E-state index contributed by atoms with van der Waals surface area (Å²) in [6.07, 6.45) is 1.59. The summed E-state index contributed by atoms with van der Waals surface area (Å²) in [5.74, 6) is 1.26. The van der Waals surface area contributed by atoms with Gasteiger partial charge in [-0.2, -0.15) is 13.2 Å². The summed E-state index contributed by atoms with van der Waals surface area (Å²) in [6, 6.07) is 11.5. The predicted octanol–water partition coefficient (Wildman–Crippen LogP) is 4.99. The number of alkyl halides is 3. The van der Waals surface area contributed by atoms with Gasteiger partial charge in [-0.3, -0.25) is 9.10 Å². The molecule has 2 aromatic carbocycles. The van der Waals surface area contributed by atoms with Crippen LogP contribution >= 0.6 is 0 Å². The zero-order valence-corrected chi connectivity index (χ0v) is 19.4. The van der Waals surface area contributed by atoms with Crippen molar-refractivity contribution in [1.82, 2.24) is 5.32 Å². The van der Waals surface area contributed by atoms with Crippen molar-refractivity contribution < 1.29 is 26.4 Å². The largest absolute Gasteiger partial charge is 0.416 e. The lowest BCUT2D eigenvalue weighted by Gasteiger charge is -2.57. The monoisotopic (exact) mass is 492 g/mol. The van der Waals surface area contributed by atoms with Crippen molar-refractivity contribution in [2.45, 2.75) is 55.1 Å². The van der Waals surface area contributed by atoms with Gasteiger partial charge in [-0.25, -0.2) is 8.42 Å². The number of amides is 1.